The number of carbonyl (C=O) groups is 1. The molecule has 0 unspecified atom stereocenters. The summed E-state index contributed by atoms with van der Waals surface area (Å²) in [7, 11) is 1.57. The van der Waals surface area contributed by atoms with E-state index in [1.807, 2.05) is 24.3 Å². The van der Waals surface area contributed by atoms with Crippen molar-refractivity contribution in [1.82, 2.24) is 0 Å². The van der Waals surface area contributed by atoms with Crippen LogP contribution >= 0.6 is 15.9 Å². The Morgan fingerprint density at radius 3 is 2.32 bits per heavy atom. The molecular formula is C25H19BrO5. The molecule has 0 amide bonds. The van der Waals surface area contributed by atoms with Crippen molar-refractivity contribution in [3.05, 3.63) is 92.7 Å². The topological polar surface area (TPSA) is 65.7 Å². The van der Waals surface area contributed by atoms with Gasteiger partial charge in [0.25, 0.3) is 0 Å². The molecular weight excluding hydrogens is 460 g/mol. The molecule has 0 radical (unpaired) electrons. The molecule has 3 aromatic carbocycles. The van der Waals surface area contributed by atoms with Gasteiger partial charge in [-0.2, -0.15) is 0 Å². The number of Topliss-reactive ketones (excluding diaryl/α,β-unsaturated/α-hetero) is 1. The number of aryl methyl sites for hydroxylation is 1. The third-order valence-corrected chi connectivity index (χ3v) is 5.48. The Bertz CT molecular complexity index is 1310. The lowest BCUT2D eigenvalue weighted by Crippen LogP contribution is -2.12. The normalized spacial score (nSPS) is 10.8. The van der Waals surface area contributed by atoms with E-state index in [1.165, 1.54) is 0 Å². The third-order valence-electron chi connectivity index (χ3n) is 4.95. The van der Waals surface area contributed by atoms with E-state index < -0.39 is 0 Å². The zero-order valence-electron chi connectivity index (χ0n) is 17.0. The predicted molar refractivity (Wildman–Crippen MR) is 123 cm³/mol. The number of ether oxygens (including phenoxy) is 2. The second-order valence-corrected chi connectivity index (χ2v) is 7.88. The van der Waals surface area contributed by atoms with Crippen LogP contribution in [0.25, 0.3) is 22.1 Å². The Labute approximate surface area is 187 Å². The smallest absolute Gasteiger partial charge is 0.200 e. The van der Waals surface area contributed by atoms with Crippen LogP contribution in [0.4, 0.5) is 0 Å². The summed E-state index contributed by atoms with van der Waals surface area (Å²) in [6.45, 7) is 1.64. The highest BCUT2D eigenvalue weighted by Gasteiger charge is 2.15. The van der Waals surface area contributed by atoms with Crippen LogP contribution in [0.3, 0.4) is 0 Å². The zero-order valence-corrected chi connectivity index (χ0v) is 18.6. The number of rotatable bonds is 6. The van der Waals surface area contributed by atoms with Crippen LogP contribution in [-0.4, -0.2) is 19.5 Å². The van der Waals surface area contributed by atoms with Crippen LogP contribution < -0.4 is 14.9 Å². The summed E-state index contributed by atoms with van der Waals surface area (Å²) in [6.07, 6.45) is 0. The van der Waals surface area contributed by atoms with Gasteiger partial charge in [0, 0.05) is 16.1 Å². The van der Waals surface area contributed by atoms with Gasteiger partial charge in [0.2, 0.25) is 5.43 Å². The number of ketones is 1. The summed E-state index contributed by atoms with van der Waals surface area (Å²) < 4.78 is 17.6. The molecule has 31 heavy (non-hydrogen) atoms. The average molecular weight is 479 g/mol. The highest BCUT2D eigenvalue weighted by Crippen LogP contribution is 2.27. The molecule has 0 spiro atoms. The van der Waals surface area contributed by atoms with E-state index in [-0.39, 0.29) is 17.8 Å². The fourth-order valence-corrected chi connectivity index (χ4v) is 3.60. The van der Waals surface area contributed by atoms with E-state index >= 15 is 0 Å². The Hall–Kier alpha value is -3.38. The number of fused-ring (bicyclic) bond motifs is 1. The molecule has 0 atom stereocenters. The van der Waals surface area contributed by atoms with Gasteiger partial charge in [0.05, 0.1) is 18.1 Å². The zero-order chi connectivity index (χ0) is 22.0. The molecule has 0 fully saturated rings. The fourth-order valence-electron chi connectivity index (χ4n) is 3.34. The second kappa shape index (κ2) is 8.78. The third kappa shape index (κ3) is 4.39. The highest BCUT2D eigenvalue weighted by atomic mass is 79.9. The van der Waals surface area contributed by atoms with Crippen LogP contribution in [0.5, 0.6) is 11.5 Å². The van der Waals surface area contributed by atoms with Gasteiger partial charge in [0.1, 0.15) is 22.8 Å². The Kier molecular flexibility index (Phi) is 5.91. The molecule has 4 aromatic rings. The fraction of sp³-hybridized carbons (Fsp3) is 0.120. The molecule has 0 aliphatic heterocycles. The maximum atomic E-state index is 13.1. The maximum absolute atomic E-state index is 13.1. The van der Waals surface area contributed by atoms with Gasteiger partial charge in [-0.15, -0.1) is 0 Å². The lowest BCUT2D eigenvalue weighted by Gasteiger charge is -2.10. The van der Waals surface area contributed by atoms with Crippen molar-refractivity contribution in [3.8, 4) is 22.6 Å². The molecule has 156 valence electrons. The minimum atomic E-state index is -0.161. The van der Waals surface area contributed by atoms with E-state index in [0.717, 1.165) is 10.0 Å². The highest BCUT2D eigenvalue weighted by molar-refractivity contribution is 9.10. The van der Waals surface area contributed by atoms with Crippen molar-refractivity contribution < 1.29 is 18.7 Å². The molecule has 1 aromatic heterocycles. The molecule has 0 bridgehead atoms. The van der Waals surface area contributed by atoms with Crippen molar-refractivity contribution in [2.75, 3.05) is 13.7 Å². The summed E-state index contributed by atoms with van der Waals surface area (Å²) in [5.41, 5.74) is 2.16. The first kappa shape index (κ1) is 20.9. The van der Waals surface area contributed by atoms with E-state index in [0.29, 0.717) is 39.4 Å². The number of methoxy groups -OCH3 is 1. The first-order valence-corrected chi connectivity index (χ1v) is 10.4. The Morgan fingerprint density at radius 1 is 0.968 bits per heavy atom. The first-order valence-electron chi connectivity index (χ1n) is 9.59. The molecule has 4 rings (SSSR count). The summed E-state index contributed by atoms with van der Waals surface area (Å²) >= 11 is 3.40. The number of hydrogen-bond acceptors (Lipinski definition) is 5. The van der Waals surface area contributed by atoms with E-state index in [9.17, 15) is 9.59 Å². The van der Waals surface area contributed by atoms with Crippen LogP contribution in [0.1, 0.15) is 16.1 Å². The maximum Gasteiger partial charge on any atom is 0.200 e. The number of halogens is 1. The summed E-state index contributed by atoms with van der Waals surface area (Å²) in [6, 6.07) is 19.3. The second-order valence-electron chi connectivity index (χ2n) is 6.97. The summed E-state index contributed by atoms with van der Waals surface area (Å²) in [5.74, 6) is 1.49. The number of benzene rings is 3. The minimum Gasteiger partial charge on any atom is -0.497 e. The van der Waals surface area contributed by atoms with Crippen molar-refractivity contribution >= 4 is 32.7 Å². The SMILES string of the molecule is COc1ccc(C(=O)COc2ccc3c(=O)c(-c4ccc(Br)cc4)c(C)oc3c2)cc1. The number of hydrogen-bond donors (Lipinski definition) is 0. The first-order chi connectivity index (χ1) is 15.0. The van der Waals surface area contributed by atoms with Gasteiger partial charge in [-0.3, -0.25) is 9.59 Å². The molecule has 0 saturated carbocycles. The van der Waals surface area contributed by atoms with Crippen LogP contribution in [0, 0.1) is 6.92 Å². The summed E-state index contributed by atoms with van der Waals surface area (Å²) in [4.78, 5) is 25.4. The Balaban J connectivity index is 1.58. The van der Waals surface area contributed by atoms with Gasteiger partial charge in [-0.1, -0.05) is 28.1 Å². The molecule has 0 aliphatic carbocycles. The standard InChI is InChI=1S/C25H19BrO5/c1-15-24(17-3-7-18(26)8-4-17)25(28)21-12-11-20(13-23(21)31-15)30-14-22(27)16-5-9-19(29-2)10-6-16/h3-13H,14H2,1-2H3. The van der Waals surface area contributed by atoms with Gasteiger partial charge >= 0.3 is 0 Å². The minimum absolute atomic E-state index is 0.109. The van der Waals surface area contributed by atoms with Crippen molar-refractivity contribution in [1.29, 1.82) is 0 Å². The van der Waals surface area contributed by atoms with Crippen LogP contribution in [0.2, 0.25) is 0 Å². The molecule has 0 saturated heterocycles. The molecule has 0 aliphatic rings. The molecule has 1 heterocycles. The van der Waals surface area contributed by atoms with Gasteiger partial charge in [0.15, 0.2) is 12.4 Å². The van der Waals surface area contributed by atoms with Crippen molar-refractivity contribution in [3.63, 3.8) is 0 Å². The van der Waals surface area contributed by atoms with Crippen LogP contribution in [-0.2, 0) is 0 Å². The van der Waals surface area contributed by atoms with Gasteiger partial charge in [-0.05, 0) is 61.0 Å². The lowest BCUT2D eigenvalue weighted by molar-refractivity contribution is 0.0921. The molecule has 5 nitrogen and oxygen atoms in total. The van der Waals surface area contributed by atoms with Gasteiger partial charge < -0.3 is 13.9 Å². The Morgan fingerprint density at radius 2 is 1.65 bits per heavy atom. The van der Waals surface area contributed by atoms with E-state index in [4.69, 9.17) is 13.9 Å². The van der Waals surface area contributed by atoms with Gasteiger partial charge in [-0.25, -0.2) is 0 Å². The monoisotopic (exact) mass is 478 g/mol. The predicted octanol–water partition coefficient (Wildman–Crippen LogP) is 5.80. The average Bonchev–Trinajstić information content (AvgIpc) is 2.78. The van der Waals surface area contributed by atoms with E-state index in [2.05, 4.69) is 15.9 Å². The van der Waals surface area contributed by atoms with E-state index in [1.54, 1.807) is 56.5 Å². The van der Waals surface area contributed by atoms with Crippen LogP contribution in [0.15, 0.2) is 80.4 Å². The summed E-state index contributed by atoms with van der Waals surface area (Å²) in [5, 5.41) is 0.456. The lowest BCUT2D eigenvalue weighted by atomic mass is 10.0. The van der Waals surface area contributed by atoms with Crippen molar-refractivity contribution in [2.45, 2.75) is 6.92 Å². The quantitative estimate of drug-likeness (QED) is 0.327. The molecule has 6 heteroatoms. The van der Waals surface area contributed by atoms with Crippen molar-refractivity contribution in [2.24, 2.45) is 0 Å². The molecule has 0 N–H and O–H groups in total. The number of carbonyl (C=O) groups excluding carboxylic acids is 1. The largest absolute Gasteiger partial charge is 0.497 e.